The zero-order valence-electron chi connectivity index (χ0n) is 13.5. The molecule has 0 radical (unpaired) electrons. The van der Waals surface area contributed by atoms with Gasteiger partial charge in [0.1, 0.15) is 0 Å². The normalized spacial score (nSPS) is 18.8. The van der Waals surface area contributed by atoms with E-state index in [9.17, 15) is 0 Å². The van der Waals surface area contributed by atoms with Gasteiger partial charge in [0.25, 0.3) is 0 Å². The van der Waals surface area contributed by atoms with Crippen molar-refractivity contribution in [3.8, 4) is 0 Å². The summed E-state index contributed by atoms with van der Waals surface area (Å²) in [7, 11) is 0. The number of benzene rings is 1. The van der Waals surface area contributed by atoms with E-state index in [0.717, 1.165) is 24.6 Å². The lowest BCUT2D eigenvalue weighted by Gasteiger charge is -2.35. The highest BCUT2D eigenvalue weighted by Gasteiger charge is 2.23. The maximum Gasteiger partial charge on any atom is 0.0681 e. The van der Waals surface area contributed by atoms with Gasteiger partial charge in [-0.3, -0.25) is 4.90 Å². The largest absolute Gasteiger partial charge is 0.392 e. The average molecular weight is 290 g/mol. The molecule has 0 bridgehead atoms. The van der Waals surface area contributed by atoms with Gasteiger partial charge >= 0.3 is 0 Å². The van der Waals surface area contributed by atoms with Crippen LogP contribution in [-0.4, -0.2) is 35.7 Å². The van der Waals surface area contributed by atoms with Crippen LogP contribution in [0.2, 0.25) is 0 Å². The molecule has 0 spiro atoms. The number of piperidine rings is 1. The lowest BCUT2D eigenvalue weighted by atomic mass is 9.90. The average Bonchev–Trinajstić information content (AvgIpc) is 2.54. The summed E-state index contributed by atoms with van der Waals surface area (Å²) in [6.07, 6.45) is 3.81. The van der Waals surface area contributed by atoms with Crippen molar-refractivity contribution in [2.75, 3.05) is 19.6 Å². The van der Waals surface area contributed by atoms with Crippen LogP contribution in [0.4, 0.5) is 0 Å². The van der Waals surface area contributed by atoms with Gasteiger partial charge in [0.15, 0.2) is 0 Å². The van der Waals surface area contributed by atoms with E-state index >= 15 is 0 Å². The fraction of sp³-hybridized carbons (Fsp3) is 0.667. The Bertz CT molecular complexity index is 396. The lowest BCUT2D eigenvalue weighted by molar-refractivity contribution is 0.156. The molecule has 1 aromatic rings. The number of likely N-dealkylation sites (tertiary alicyclic amines) is 1. The second-order valence-corrected chi connectivity index (χ2v) is 6.33. The molecule has 1 aliphatic heterocycles. The van der Waals surface area contributed by atoms with Gasteiger partial charge in [0, 0.05) is 12.6 Å². The van der Waals surface area contributed by atoms with E-state index < -0.39 is 0 Å². The van der Waals surface area contributed by atoms with Crippen LogP contribution < -0.4 is 5.32 Å². The first-order chi connectivity index (χ1) is 10.2. The molecule has 0 amide bonds. The molecule has 3 nitrogen and oxygen atoms in total. The zero-order chi connectivity index (χ0) is 15.1. The molecule has 21 heavy (non-hydrogen) atoms. The van der Waals surface area contributed by atoms with E-state index in [0.29, 0.717) is 6.04 Å². The molecule has 2 rings (SSSR count). The molecule has 1 aromatic carbocycles. The quantitative estimate of drug-likeness (QED) is 0.810. The van der Waals surface area contributed by atoms with Crippen LogP contribution in [0.15, 0.2) is 24.3 Å². The van der Waals surface area contributed by atoms with Crippen molar-refractivity contribution in [1.29, 1.82) is 0 Å². The van der Waals surface area contributed by atoms with Crippen molar-refractivity contribution in [1.82, 2.24) is 10.2 Å². The summed E-state index contributed by atoms with van der Waals surface area (Å²) in [6.45, 7) is 9.27. The first kappa shape index (κ1) is 16.5. The first-order valence-corrected chi connectivity index (χ1v) is 8.37. The van der Waals surface area contributed by atoms with Crippen LogP contribution in [-0.2, 0) is 13.2 Å². The molecule has 1 atom stereocenters. The van der Waals surface area contributed by atoms with E-state index in [1.807, 2.05) is 12.1 Å². The van der Waals surface area contributed by atoms with Gasteiger partial charge in [-0.05, 0) is 62.9 Å². The highest BCUT2D eigenvalue weighted by molar-refractivity contribution is 5.21. The molecule has 1 fully saturated rings. The van der Waals surface area contributed by atoms with Gasteiger partial charge in [0.2, 0.25) is 0 Å². The molecule has 1 aliphatic rings. The number of rotatable bonds is 7. The Balaban J connectivity index is 1.75. The van der Waals surface area contributed by atoms with Crippen LogP contribution >= 0.6 is 0 Å². The van der Waals surface area contributed by atoms with Crippen LogP contribution in [0.1, 0.15) is 44.2 Å². The lowest BCUT2D eigenvalue weighted by Crippen LogP contribution is -2.41. The van der Waals surface area contributed by atoms with Crippen molar-refractivity contribution < 1.29 is 5.11 Å². The Labute approximate surface area is 129 Å². The van der Waals surface area contributed by atoms with Gasteiger partial charge < -0.3 is 10.4 Å². The van der Waals surface area contributed by atoms with Crippen molar-refractivity contribution in [3.05, 3.63) is 35.4 Å². The van der Waals surface area contributed by atoms with Gasteiger partial charge in [0.05, 0.1) is 6.61 Å². The first-order valence-electron chi connectivity index (χ1n) is 8.37. The monoisotopic (exact) mass is 290 g/mol. The molecule has 2 N–H and O–H groups in total. The standard InChI is InChI=1S/C18H30N2O/c1-3-10-19-15(2)18-8-11-20(12-9-18)13-16-4-6-17(14-21)7-5-16/h4-7,15,18-19,21H,3,8-14H2,1-2H3. The summed E-state index contributed by atoms with van der Waals surface area (Å²) < 4.78 is 0. The van der Waals surface area contributed by atoms with E-state index in [-0.39, 0.29) is 6.61 Å². The van der Waals surface area contributed by atoms with E-state index in [2.05, 4.69) is 36.2 Å². The Morgan fingerprint density at radius 1 is 1.19 bits per heavy atom. The number of nitrogens with one attached hydrogen (secondary N) is 1. The third-order valence-corrected chi connectivity index (χ3v) is 4.67. The van der Waals surface area contributed by atoms with E-state index in [1.165, 1.54) is 37.9 Å². The fourth-order valence-corrected chi connectivity index (χ4v) is 3.16. The maximum atomic E-state index is 9.08. The smallest absolute Gasteiger partial charge is 0.0681 e. The number of hydrogen-bond donors (Lipinski definition) is 2. The van der Waals surface area contributed by atoms with Crippen molar-refractivity contribution in [2.24, 2.45) is 5.92 Å². The van der Waals surface area contributed by atoms with E-state index in [4.69, 9.17) is 5.11 Å². The molecular formula is C18H30N2O. The molecule has 118 valence electrons. The molecule has 0 saturated carbocycles. The zero-order valence-corrected chi connectivity index (χ0v) is 13.5. The molecule has 3 heteroatoms. The summed E-state index contributed by atoms with van der Waals surface area (Å²) in [5.41, 5.74) is 2.34. The fourth-order valence-electron chi connectivity index (χ4n) is 3.16. The van der Waals surface area contributed by atoms with Crippen LogP contribution in [0, 0.1) is 5.92 Å². The summed E-state index contributed by atoms with van der Waals surface area (Å²) in [5.74, 6) is 0.824. The van der Waals surface area contributed by atoms with Crippen LogP contribution in [0.5, 0.6) is 0 Å². The van der Waals surface area contributed by atoms with E-state index in [1.54, 1.807) is 0 Å². The SMILES string of the molecule is CCCNC(C)C1CCN(Cc2ccc(CO)cc2)CC1. The molecule has 0 aromatic heterocycles. The summed E-state index contributed by atoms with van der Waals surface area (Å²) >= 11 is 0. The highest BCUT2D eigenvalue weighted by atomic mass is 16.3. The highest BCUT2D eigenvalue weighted by Crippen LogP contribution is 2.22. The Morgan fingerprint density at radius 2 is 1.81 bits per heavy atom. The predicted octanol–water partition coefficient (Wildman–Crippen LogP) is 2.78. The number of hydrogen-bond acceptors (Lipinski definition) is 3. The maximum absolute atomic E-state index is 9.08. The van der Waals surface area contributed by atoms with Crippen molar-refractivity contribution >= 4 is 0 Å². The van der Waals surface area contributed by atoms with Gasteiger partial charge in [-0.15, -0.1) is 0 Å². The third-order valence-electron chi connectivity index (χ3n) is 4.67. The second-order valence-electron chi connectivity index (χ2n) is 6.33. The van der Waals surface area contributed by atoms with Crippen molar-refractivity contribution in [3.63, 3.8) is 0 Å². The van der Waals surface area contributed by atoms with Crippen molar-refractivity contribution in [2.45, 2.75) is 52.3 Å². The second kappa shape index (κ2) is 8.52. The number of aliphatic hydroxyl groups excluding tert-OH is 1. The van der Waals surface area contributed by atoms with Gasteiger partial charge in [-0.1, -0.05) is 31.2 Å². The van der Waals surface area contributed by atoms with Gasteiger partial charge in [-0.2, -0.15) is 0 Å². The summed E-state index contributed by atoms with van der Waals surface area (Å²) in [5, 5.41) is 12.7. The van der Waals surface area contributed by atoms with Crippen LogP contribution in [0.25, 0.3) is 0 Å². The summed E-state index contributed by atoms with van der Waals surface area (Å²) in [6, 6.07) is 8.99. The minimum absolute atomic E-state index is 0.133. The molecule has 1 unspecified atom stereocenters. The topological polar surface area (TPSA) is 35.5 Å². The van der Waals surface area contributed by atoms with Crippen LogP contribution in [0.3, 0.4) is 0 Å². The Kier molecular flexibility index (Phi) is 6.68. The predicted molar refractivity (Wildman–Crippen MR) is 88.1 cm³/mol. The number of aliphatic hydroxyl groups is 1. The van der Waals surface area contributed by atoms with Gasteiger partial charge in [-0.25, -0.2) is 0 Å². The molecular weight excluding hydrogens is 260 g/mol. The molecule has 1 heterocycles. The molecule has 1 saturated heterocycles. The minimum atomic E-state index is 0.133. The third kappa shape index (κ3) is 5.10. The number of nitrogens with zero attached hydrogens (tertiary/aromatic N) is 1. The minimum Gasteiger partial charge on any atom is -0.392 e. The summed E-state index contributed by atoms with van der Waals surface area (Å²) in [4.78, 5) is 2.55. The molecule has 0 aliphatic carbocycles. The Hall–Kier alpha value is -0.900. The Morgan fingerprint density at radius 3 is 2.38 bits per heavy atom.